The van der Waals surface area contributed by atoms with Crippen LogP contribution in [0.15, 0.2) is 63.5 Å². The van der Waals surface area contributed by atoms with Gasteiger partial charge >= 0.3 is 0 Å². The first-order valence-corrected chi connectivity index (χ1v) is 9.19. The highest BCUT2D eigenvalue weighted by Crippen LogP contribution is 2.33. The minimum atomic E-state index is 0.428. The molecular weight excluding hydrogens is 352 g/mol. The van der Waals surface area contributed by atoms with Gasteiger partial charge in [-0.2, -0.15) is 0 Å². The topological polar surface area (TPSA) is 68.2 Å². The molecule has 0 aliphatic heterocycles. The summed E-state index contributed by atoms with van der Waals surface area (Å²) in [6, 6.07) is 18.2. The smallest absolute Gasteiger partial charge is 0.253 e. The van der Waals surface area contributed by atoms with Crippen molar-refractivity contribution in [3.8, 4) is 22.7 Å². The maximum atomic E-state index is 5.95. The first-order valence-electron chi connectivity index (χ1n) is 9.19. The number of rotatable bonds is 6. The molecule has 0 amide bonds. The van der Waals surface area contributed by atoms with Crippen molar-refractivity contribution in [3.05, 3.63) is 77.4 Å². The fourth-order valence-electron chi connectivity index (χ4n) is 3.20. The molecule has 0 aliphatic carbocycles. The molecule has 28 heavy (non-hydrogen) atoms. The fraction of sp³-hybridized carbons (Fsp3) is 0.227. The molecule has 6 nitrogen and oxygen atoms in total. The quantitative estimate of drug-likeness (QED) is 0.490. The van der Waals surface area contributed by atoms with Gasteiger partial charge < -0.3 is 8.94 Å². The molecule has 0 aliphatic rings. The lowest BCUT2D eigenvalue weighted by Gasteiger charge is -2.15. The van der Waals surface area contributed by atoms with Crippen LogP contribution in [0.5, 0.6) is 0 Å². The molecule has 0 N–H and O–H groups in total. The van der Waals surface area contributed by atoms with Gasteiger partial charge in [-0.1, -0.05) is 59.8 Å². The van der Waals surface area contributed by atoms with E-state index in [4.69, 9.17) is 8.94 Å². The summed E-state index contributed by atoms with van der Waals surface area (Å²) in [5.41, 5.74) is 4.96. The zero-order valence-corrected chi connectivity index (χ0v) is 16.2. The van der Waals surface area contributed by atoms with Crippen LogP contribution in [0, 0.1) is 13.8 Å². The van der Waals surface area contributed by atoms with Crippen LogP contribution in [0.2, 0.25) is 0 Å². The Balaban J connectivity index is 1.54. The summed E-state index contributed by atoms with van der Waals surface area (Å²) < 4.78 is 11.3. The van der Waals surface area contributed by atoms with Gasteiger partial charge in [0.05, 0.1) is 6.54 Å². The molecule has 0 atom stereocenters. The van der Waals surface area contributed by atoms with Crippen molar-refractivity contribution < 1.29 is 8.94 Å². The molecule has 0 unspecified atom stereocenters. The van der Waals surface area contributed by atoms with Crippen molar-refractivity contribution >= 4 is 0 Å². The third kappa shape index (κ3) is 3.73. The van der Waals surface area contributed by atoms with E-state index in [0.29, 0.717) is 29.8 Å². The maximum absolute atomic E-state index is 5.95. The number of aromatic nitrogens is 3. The monoisotopic (exact) mass is 374 g/mol. The predicted octanol–water partition coefficient (Wildman–Crippen LogP) is 4.64. The van der Waals surface area contributed by atoms with E-state index in [0.717, 1.165) is 17.7 Å². The van der Waals surface area contributed by atoms with Gasteiger partial charge in [0.15, 0.2) is 0 Å². The second-order valence-electron chi connectivity index (χ2n) is 6.93. The Morgan fingerprint density at radius 1 is 0.893 bits per heavy atom. The molecule has 2 aromatic heterocycles. The average Bonchev–Trinajstić information content (AvgIpc) is 3.30. The van der Waals surface area contributed by atoms with Gasteiger partial charge in [0.1, 0.15) is 17.0 Å². The molecule has 2 aromatic carbocycles. The zero-order valence-electron chi connectivity index (χ0n) is 16.2. The van der Waals surface area contributed by atoms with Crippen molar-refractivity contribution in [2.75, 3.05) is 7.05 Å². The molecule has 0 bridgehead atoms. The van der Waals surface area contributed by atoms with Gasteiger partial charge in [-0.05, 0) is 32.0 Å². The van der Waals surface area contributed by atoms with Crippen LogP contribution in [0.3, 0.4) is 0 Å². The van der Waals surface area contributed by atoms with Crippen molar-refractivity contribution in [1.82, 2.24) is 20.3 Å². The van der Waals surface area contributed by atoms with E-state index < -0.39 is 0 Å². The lowest BCUT2D eigenvalue weighted by atomic mass is 10.1. The zero-order chi connectivity index (χ0) is 19.5. The number of nitrogens with zero attached hydrogens (tertiary/aromatic N) is 4. The molecule has 0 saturated heterocycles. The lowest BCUT2D eigenvalue weighted by molar-refractivity contribution is 0.282. The molecule has 4 aromatic rings. The number of aryl methyl sites for hydroxylation is 2. The highest BCUT2D eigenvalue weighted by atomic mass is 16.5. The second-order valence-corrected chi connectivity index (χ2v) is 6.93. The summed E-state index contributed by atoms with van der Waals surface area (Å²) in [5, 5.41) is 12.6. The third-order valence-corrected chi connectivity index (χ3v) is 4.70. The van der Waals surface area contributed by atoms with Crippen LogP contribution in [-0.2, 0) is 13.1 Å². The van der Waals surface area contributed by atoms with Crippen LogP contribution in [0.1, 0.15) is 22.8 Å². The minimum Gasteiger partial charge on any atom is -0.419 e. The summed E-state index contributed by atoms with van der Waals surface area (Å²) in [6.07, 6.45) is 0. The first-order chi connectivity index (χ1) is 13.6. The van der Waals surface area contributed by atoms with Gasteiger partial charge in [0.2, 0.25) is 5.89 Å². The number of hydrogen-bond acceptors (Lipinski definition) is 6. The van der Waals surface area contributed by atoms with Gasteiger partial charge in [0.25, 0.3) is 5.89 Å². The molecule has 0 fully saturated rings. The van der Waals surface area contributed by atoms with Crippen LogP contribution >= 0.6 is 0 Å². The molecule has 0 radical (unpaired) electrons. The third-order valence-electron chi connectivity index (χ3n) is 4.70. The van der Waals surface area contributed by atoms with Crippen molar-refractivity contribution in [3.63, 3.8) is 0 Å². The first kappa shape index (κ1) is 18.1. The van der Waals surface area contributed by atoms with E-state index >= 15 is 0 Å². The molecule has 6 heteroatoms. The van der Waals surface area contributed by atoms with E-state index in [9.17, 15) is 0 Å². The molecule has 0 saturated carbocycles. The van der Waals surface area contributed by atoms with Gasteiger partial charge in [-0.25, -0.2) is 0 Å². The summed E-state index contributed by atoms with van der Waals surface area (Å²) in [4.78, 5) is 2.15. The van der Waals surface area contributed by atoms with E-state index in [1.807, 2.05) is 44.3 Å². The SMILES string of the molecule is Cc1ccccc1CN(C)Cc1nnc(-c2c(-c3ccccc3)noc2C)o1. The highest BCUT2D eigenvalue weighted by molar-refractivity contribution is 5.77. The van der Waals surface area contributed by atoms with Crippen LogP contribution < -0.4 is 0 Å². The van der Waals surface area contributed by atoms with Crippen molar-refractivity contribution in [2.45, 2.75) is 26.9 Å². The van der Waals surface area contributed by atoms with E-state index in [1.165, 1.54) is 11.1 Å². The van der Waals surface area contributed by atoms with E-state index in [2.05, 4.69) is 51.4 Å². The van der Waals surface area contributed by atoms with E-state index in [1.54, 1.807) is 0 Å². The standard InChI is InChI=1S/C22H22N4O2/c1-15-9-7-8-12-18(15)13-26(3)14-19-23-24-22(27-19)20-16(2)28-25-21(20)17-10-5-4-6-11-17/h4-12H,13-14H2,1-3H3. The fourth-order valence-corrected chi connectivity index (χ4v) is 3.20. The van der Waals surface area contributed by atoms with Crippen LogP contribution in [-0.4, -0.2) is 27.3 Å². The number of benzene rings is 2. The Morgan fingerprint density at radius 2 is 1.64 bits per heavy atom. The van der Waals surface area contributed by atoms with Crippen LogP contribution in [0.4, 0.5) is 0 Å². The van der Waals surface area contributed by atoms with Crippen molar-refractivity contribution in [2.24, 2.45) is 0 Å². The van der Waals surface area contributed by atoms with Gasteiger partial charge in [-0.3, -0.25) is 4.90 Å². The number of hydrogen-bond donors (Lipinski definition) is 0. The molecule has 4 rings (SSSR count). The van der Waals surface area contributed by atoms with Gasteiger partial charge in [-0.15, -0.1) is 10.2 Å². The minimum absolute atomic E-state index is 0.428. The summed E-state index contributed by atoms with van der Waals surface area (Å²) in [6.45, 7) is 5.34. The Kier molecular flexibility index (Phi) is 5.04. The molecule has 2 heterocycles. The lowest BCUT2D eigenvalue weighted by Crippen LogP contribution is -2.18. The largest absolute Gasteiger partial charge is 0.419 e. The Labute approximate surface area is 163 Å². The molecule has 142 valence electrons. The molecule has 0 spiro atoms. The van der Waals surface area contributed by atoms with Gasteiger partial charge in [0, 0.05) is 12.1 Å². The van der Waals surface area contributed by atoms with Crippen molar-refractivity contribution in [1.29, 1.82) is 0 Å². The Morgan fingerprint density at radius 3 is 2.43 bits per heavy atom. The maximum Gasteiger partial charge on any atom is 0.253 e. The summed E-state index contributed by atoms with van der Waals surface area (Å²) in [7, 11) is 2.04. The highest BCUT2D eigenvalue weighted by Gasteiger charge is 2.22. The van der Waals surface area contributed by atoms with E-state index in [-0.39, 0.29) is 0 Å². The predicted molar refractivity (Wildman–Crippen MR) is 106 cm³/mol. The summed E-state index contributed by atoms with van der Waals surface area (Å²) >= 11 is 0. The Bertz CT molecular complexity index is 1070. The molecular formula is C22H22N4O2. The average molecular weight is 374 g/mol. The normalized spacial score (nSPS) is 11.3. The second kappa shape index (κ2) is 7.78. The summed E-state index contributed by atoms with van der Waals surface area (Å²) in [5.74, 6) is 1.64. The Hall–Kier alpha value is -3.25. The van der Waals surface area contributed by atoms with Crippen LogP contribution in [0.25, 0.3) is 22.7 Å².